The minimum absolute atomic E-state index is 0.168. The number of nitrogens with zero attached hydrogens (tertiary/aromatic N) is 2. The van der Waals surface area contributed by atoms with Crippen LogP contribution in [0.25, 0.3) is 0 Å². The number of carbonyl (C=O) groups is 1. The van der Waals surface area contributed by atoms with Crippen molar-refractivity contribution in [2.24, 2.45) is 0 Å². The average Bonchev–Trinajstić information content (AvgIpc) is 2.80. The summed E-state index contributed by atoms with van der Waals surface area (Å²) in [5.74, 6) is -0.995. The maximum atomic E-state index is 10.8. The molecule has 2 rings (SSSR count). The molecule has 2 aromatic rings. The molecule has 100 valence electrons. The van der Waals surface area contributed by atoms with Crippen molar-refractivity contribution in [2.75, 3.05) is 11.1 Å². The number of aromatic nitrogens is 2. The standard InChI is InChI=1S/C13H16N4O2/c1-8(2)17-7-10(6-15-17)16-12-4-3-9(13(18)19)5-11(12)14/h3-8,16H,14H2,1-2H3,(H,18,19). The van der Waals surface area contributed by atoms with Crippen LogP contribution in [-0.2, 0) is 0 Å². The van der Waals surface area contributed by atoms with E-state index in [9.17, 15) is 4.79 Å². The van der Waals surface area contributed by atoms with Gasteiger partial charge in [0.05, 0.1) is 28.8 Å². The van der Waals surface area contributed by atoms with Crippen LogP contribution in [-0.4, -0.2) is 20.9 Å². The lowest BCUT2D eigenvalue weighted by atomic mass is 10.1. The molecule has 1 aromatic carbocycles. The number of carboxylic acid groups (broad SMARTS) is 1. The number of aromatic carboxylic acids is 1. The van der Waals surface area contributed by atoms with Crippen LogP contribution in [0.1, 0.15) is 30.2 Å². The Hall–Kier alpha value is -2.50. The Morgan fingerprint density at radius 3 is 2.74 bits per heavy atom. The van der Waals surface area contributed by atoms with Crippen molar-refractivity contribution in [1.82, 2.24) is 9.78 Å². The van der Waals surface area contributed by atoms with Gasteiger partial charge in [-0.1, -0.05) is 0 Å². The monoisotopic (exact) mass is 260 g/mol. The molecule has 0 radical (unpaired) electrons. The quantitative estimate of drug-likeness (QED) is 0.734. The summed E-state index contributed by atoms with van der Waals surface area (Å²) in [6.07, 6.45) is 3.57. The summed E-state index contributed by atoms with van der Waals surface area (Å²) in [6, 6.07) is 4.86. The first-order valence-corrected chi connectivity index (χ1v) is 5.91. The zero-order valence-corrected chi connectivity index (χ0v) is 10.8. The van der Waals surface area contributed by atoms with Crippen LogP contribution in [0.3, 0.4) is 0 Å². The van der Waals surface area contributed by atoms with Gasteiger partial charge in [-0.25, -0.2) is 4.79 Å². The van der Waals surface area contributed by atoms with E-state index in [1.807, 2.05) is 24.7 Å². The summed E-state index contributed by atoms with van der Waals surface area (Å²) in [7, 11) is 0. The Morgan fingerprint density at radius 1 is 1.47 bits per heavy atom. The van der Waals surface area contributed by atoms with E-state index < -0.39 is 5.97 Å². The smallest absolute Gasteiger partial charge is 0.335 e. The average molecular weight is 260 g/mol. The maximum absolute atomic E-state index is 10.8. The van der Waals surface area contributed by atoms with Crippen LogP contribution in [0.15, 0.2) is 30.6 Å². The number of benzene rings is 1. The fraction of sp³-hybridized carbons (Fsp3) is 0.231. The van der Waals surface area contributed by atoms with E-state index in [-0.39, 0.29) is 11.6 Å². The van der Waals surface area contributed by atoms with Crippen molar-refractivity contribution in [2.45, 2.75) is 19.9 Å². The van der Waals surface area contributed by atoms with Gasteiger partial charge >= 0.3 is 5.97 Å². The van der Waals surface area contributed by atoms with Crippen LogP contribution < -0.4 is 11.1 Å². The molecule has 0 aliphatic carbocycles. The van der Waals surface area contributed by atoms with E-state index in [1.54, 1.807) is 12.3 Å². The molecule has 0 aliphatic rings. The van der Waals surface area contributed by atoms with Crippen LogP contribution in [0, 0.1) is 0 Å². The van der Waals surface area contributed by atoms with Gasteiger partial charge in [0.25, 0.3) is 0 Å². The molecule has 0 saturated heterocycles. The second-order valence-electron chi connectivity index (χ2n) is 4.53. The van der Waals surface area contributed by atoms with E-state index in [1.165, 1.54) is 12.1 Å². The molecule has 0 saturated carbocycles. The third-order valence-electron chi connectivity index (χ3n) is 2.71. The highest BCUT2D eigenvalue weighted by atomic mass is 16.4. The summed E-state index contributed by atoms with van der Waals surface area (Å²) in [6.45, 7) is 4.07. The summed E-state index contributed by atoms with van der Waals surface area (Å²) in [4.78, 5) is 10.8. The molecule has 1 aromatic heterocycles. The topological polar surface area (TPSA) is 93.2 Å². The molecule has 6 heteroatoms. The van der Waals surface area contributed by atoms with Gasteiger partial charge in [-0.05, 0) is 32.0 Å². The van der Waals surface area contributed by atoms with E-state index in [0.717, 1.165) is 5.69 Å². The van der Waals surface area contributed by atoms with Gasteiger partial charge in [0.15, 0.2) is 0 Å². The molecule has 4 N–H and O–H groups in total. The maximum Gasteiger partial charge on any atom is 0.335 e. The molecule has 19 heavy (non-hydrogen) atoms. The summed E-state index contributed by atoms with van der Waals surface area (Å²) in [5, 5.41) is 16.2. The molecule has 0 fully saturated rings. The molecule has 1 heterocycles. The van der Waals surface area contributed by atoms with E-state index in [0.29, 0.717) is 11.4 Å². The van der Waals surface area contributed by atoms with Gasteiger partial charge in [-0.2, -0.15) is 5.10 Å². The lowest BCUT2D eigenvalue weighted by molar-refractivity contribution is 0.0697. The Morgan fingerprint density at radius 2 is 2.21 bits per heavy atom. The number of nitrogens with two attached hydrogens (primary N) is 1. The second-order valence-corrected chi connectivity index (χ2v) is 4.53. The van der Waals surface area contributed by atoms with Crippen molar-refractivity contribution in [3.63, 3.8) is 0 Å². The number of anilines is 3. The lowest BCUT2D eigenvalue weighted by Crippen LogP contribution is -2.01. The van der Waals surface area contributed by atoms with Crippen molar-refractivity contribution >= 4 is 23.0 Å². The minimum atomic E-state index is -0.995. The normalized spacial score (nSPS) is 10.7. The van der Waals surface area contributed by atoms with E-state index >= 15 is 0 Å². The number of nitrogen functional groups attached to an aromatic ring is 1. The number of hydrogen-bond donors (Lipinski definition) is 3. The number of nitrogens with one attached hydrogen (secondary N) is 1. The number of carboxylic acids is 1. The first-order valence-electron chi connectivity index (χ1n) is 5.91. The molecule has 0 atom stereocenters. The number of hydrogen-bond acceptors (Lipinski definition) is 4. The van der Waals surface area contributed by atoms with E-state index in [2.05, 4.69) is 10.4 Å². The predicted octanol–water partition coefficient (Wildman–Crippen LogP) is 2.49. The Balaban J connectivity index is 2.20. The number of rotatable bonds is 4. The molecular formula is C13H16N4O2. The third kappa shape index (κ3) is 2.85. The SMILES string of the molecule is CC(C)n1cc(Nc2ccc(C(=O)O)cc2N)cn1. The van der Waals surface area contributed by atoms with Gasteiger partial charge in [0.1, 0.15) is 0 Å². The molecule has 0 spiro atoms. The van der Waals surface area contributed by atoms with Crippen molar-refractivity contribution in [3.8, 4) is 0 Å². The van der Waals surface area contributed by atoms with Crippen molar-refractivity contribution < 1.29 is 9.90 Å². The third-order valence-corrected chi connectivity index (χ3v) is 2.71. The molecule has 0 bridgehead atoms. The highest BCUT2D eigenvalue weighted by Crippen LogP contribution is 2.24. The van der Waals surface area contributed by atoms with Gasteiger partial charge in [-0.3, -0.25) is 4.68 Å². The van der Waals surface area contributed by atoms with Crippen LogP contribution >= 0.6 is 0 Å². The fourth-order valence-electron chi connectivity index (χ4n) is 1.65. The van der Waals surface area contributed by atoms with E-state index in [4.69, 9.17) is 10.8 Å². The summed E-state index contributed by atoms with van der Waals surface area (Å²) in [5.41, 5.74) is 7.84. The minimum Gasteiger partial charge on any atom is -0.478 e. The zero-order chi connectivity index (χ0) is 14.0. The first kappa shape index (κ1) is 12.9. The Bertz CT molecular complexity index is 604. The molecule has 0 amide bonds. The van der Waals surface area contributed by atoms with Crippen molar-refractivity contribution in [3.05, 3.63) is 36.2 Å². The molecular weight excluding hydrogens is 244 g/mol. The van der Waals surface area contributed by atoms with Gasteiger partial charge in [0, 0.05) is 12.2 Å². The summed E-state index contributed by atoms with van der Waals surface area (Å²) < 4.78 is 1.82. The fourth-order valence-corrected chi connectivity index (χ4v) is 1.65. The highest BCUT2D eigenvalue weighted by Gasteiger charge is 2.08. The zero-order valence-electron chi connectivity index (χ0n) is 10.8. The highest BCUT2D eigenvalue weighted by molar-refractivity contribution is 5.90. The summed E-state index contributed by atoms with van der Waals surface area (Å²) >= 11 is 0. The molecule has 6 nitrogen and oxygen atoms in total. The Labute approximate surface area is 110 Å². The van der Waals surface area contributed by atoms with Gasteiger partial charge in [-0.15, -0.1) is 0 Å². The van der Waals surface area contributed by atoms with Crippen LogP contribution in [0.4, 0.5) is 17.1 Å². The van der Waals surface area contributed by atoms with Crippen LogP contribution in [0.5, 0.6) is 0 Å². The molecule has 0 aliphatic heterocycles. The van der Waals surface area contributed by atoms with Gasteiger partial charge < -0.3 is 16.2 Å². The van der Waals surface area contributed by atoms with Crippen LogP contribution in [0.2, 0.25) is 0 Å². The second kappa shape index (κ2) is 5.01. The lowest BCUT2D eigenvalue weighted by Gasteiger charge is -2.08. The van der Waals surface area contributed by atoms with Crippen molar-refractivity contribution in [1.29, 1.82) is 0 Å². The van der Waals surface area contributed by atoms with Gasteiger partial charge in [0.2, 0.25) is 0 Å². The predicted molar refractivity (Wildman–Crippen MR) is 73.7 cm³/mol. The largest absolute Gasteiger partial charge is 0.478 e. The first-order chi connectivity index (χ1) is 8.97. The Kier molecular flexibility index (Phi) is 3.41. The molecule has 0 unspecified atom stereocenters.